The lowest BCUT2D eigenvalue weighted by Crippen LogP contribution is -2.39. The molecule has 1 fully saturated rings. The highest BCUT2D eigenvalue weighted by atomic mass is 79.9. The van der Waals surface area contributed by atoms with Crippen LogP contribution in [-0.2, 0) is 21.2 Å². The number of carbonyl (C=O) groups is 1. The number of fused-ring (bicyclic) bond motifs is 2. The van der Waals surface area contributed by atoms with Gasteiger partial charge in [-0.1, -0.05) is 45.5 Å². The Bertz CT molecular complexity index is 1650. The van der Waals surface area contributed by atoms with Gasteiger partial charge in [-0.2, -0.15) is 0 Å². The van der Waals surface area contributed by atoms with Crippen molar-refractivity contribution in [2.75, 3.05) is 55.1 Å². The number of aryl methyl sites for hydroxylation is 1. The van der Waals surface area contributed by atoms with Gasteiger partial charge in [-0.3, -0.25) is 18.9 Å². The molecule has 8 nitrogen and oxygen atoms in total. The van der Waals surface area contributed by atoms with Crippen molar-refractivity contribution in [3.63, 3.8) is 0 Å². The maximum atomic E-state index is 13.9. The molecule has 2 aliphatic rings. The highest BCUT2D eigenvalue weighted by Gasteiger charge is 2.29. The van der Waals surface area contributed by atoms with Crippen LogP contribution in [0.4, 0.5) is 10.8 Å². The average Bonchev–Trinajstić information content (AvgIpc) is 3.42. The van der Waals surface area contributed by atoms with E-state index < -0.39 is 10.0 Å². The third kappa shape index (κ3) is 6.05. The standard InChI is InChI=1S/C30H31BrN4O4S2/c31-24-10-13-26-28(21-24)40-30(32-26)34(15-4-14-33-17-19-39-20-18-33)29(36)23-8-11-25(12-9-23)41(37,38)35-16-3-6-22-5-1-2-7-27(22)35/h1-2,5,7-13,21H,3-4,6,14-20H2. The fourth-order valence-corrected chi connectivity index (χ4v) is 8.45. The number of amides is 1. The summed E-state index contributed by atoms with van der Waals surface area (Å²) in [6, 6.07) is 19.8. The molecule has 41 heavy (non-hydrogen) atoms. The Hall–Kier alpha value is -2.83. The number of nitrogens with zero attached hydrogens (tertiary/aromatic N) is 4. The van der Waals surface area contributed by atoms with Crippen molar-refractivity contribution in [3.05, 3.63) is 82.3 Å². The van der Waals surface area contributed by atoms with Crippen molar-refractivity contribution in [2.45, 2.75) is 24.2 Å². The van der Waals surface area contributed by atoms with Crippen LogP contribution in [-0.4, -0.2) is 70.1 Å². The van der Waals surface area contributed by atoms with Crippen LogP contribution in [0, 0.1) is 0 Å². The van der Waals surface area contributed by atoms with Crippen LogP contribution in [0.25, 0.3) is 10.2 Å². The van der Waals surface area contributed by atoms with Crippen LogP contribution in [0.1, 0.15) is 28.8 Å². The molecular weight excluding hydrogens is 624 g/mol. The summed E-state index contributed by atoms with van der Waals surface area (Å²) in [5, 5.41) is 0.631. The van der Waals surface area contributed by atoms with Gasteiger partial charge in [0.25, 0.3) is 15.9 Å². The molecule has 2 aliphatic heterocycles. The second-order valence-electron chi connectivity index (χ2n) is 10.2. The summed E-state index contributed by atoms with van der Waals surface area (Å²) in [6.07, 6.45) is 2.41. The van der Waals surface area contributed by atoms with Crippen molar-refractivity contribution < 1.29 is 17.9 Å². The maximum Gasteiger partial charge on any atom is 0.264 e. The number of anilines is 2. The molecule has 0 aliphatic carbocycles. The van der Waals surface area contributed by atoms with E-state index in [0.717, 1.165) is 78.1 Å². The Labute approximate surface area is 252 Å². The number of para-hydroxylation sites is 1. The van der Waals surface area contributed by atoms with Gasteiger partial charge in [0, 0.05) is 42.8 Å². The molecule has 1 aromatic heterocycles. The zero-order chi connectivity index (χ0) is 28.4. The third-order valence-electron chi connectivity index (χ3n) is 7.53. The van der Waals surface area contributed by atoms with Gasteiger partial charge >= 0.3 is 0 Å². The summed E-state index contributed by atoms with van der Waals surface area (Å²) >= 11 is 5.00. The molecule has 1 amide bonds. The van der Waals surface area contributed by atoms with E-state index in [0.29, 0.717) is 23.8 Å². The number of carbonyl (C=O) groups excluding carboxylic acids is 1. The molecule has 4 aromatic rings. The number of halogens is 1. The number of hydrogen-bond acceptors (Lipinski definition) is 7. The number of ether oxygens (including phenoxy) is 1. The highest BCUT2D eigenvalue weighted by molar-refractivity contribution is 9.10. The zero-order valence-electron chi connectivity index (χ0n) is 22.5. The Balaban J connectivity index is 1.25. The first-order chi connectivity index (χ1) is 19.9. The monoisotopic (exact) mass is 654 g/mol. The van der Waals surface area contributed by atoms with Gasteiger partial charge in [0.2, 0.25) is 0 Å². The van der Waals surface area contributed by atoms with E-state index >= 15 is 0 Å². The molecule has 214 valence electrons. The van der Waals surface area contributed by atoms with Crippen LogP contribution in [0.2, 0.25) is 0 Å². The lowest BCUT2D eigenvalue weighted by Gasteiger charge is -2.30. The van der Waals surface area contributed by atoms with E-state index in [1.165, 1.54) is 15.6 Å². The smallest absolute Gasteiger partial charge is 0.264 e. The number of morpholine rings is 1. The lowest BCUT2D eigenvalue weighted by atomic mass is 10.0. The molecule has 11 heteroatoms. The van der Waals surface area contributed by atoms with Crippen LogP contribution in [0.3, 0.4) is 0 Å². The normalized spacial score (nSPS) is 16.1. The first kappa shape index (κ1) is 28.3. The van der Waals surface area contributed by atoms with Crippen LogP contribution < -0.4 is 9.21 Å². The Morgan fingerprint density at radius 1 is 1.02 bits per heavy atom. The Kier molecular flexibility index (Phi) is 8.41. The largest absolute Gasteiger partial charge is 0.379 e. The zero-order valence-corrected chi connectivity index (χ0v) is 25.8. The van der Waals surface area contributed by atoms with E-state index in [2.05, 4.69) is 20.8 Å². The van der Waals surface area contributed by atoms with Crippen molar-refractivity contribution in [2.24, 2.45) is 0 Å². The average molecular weight is 656 g/mol. The summed E-state index contributed by atoms with van der Waals surface area (Å²) in [4.78, 5) is 22.9. The summed E-state index contributed by atoms with van der Waals surface area (Å²) in [6.45, 7) is 5.03. The molecule has 3 heterocycles. The third-order valence-corrected chi connectivity index (χ3v) is 10.9. The molecule has 0 radical (unpaired) electrons. The summed E-state index contributed by atoms with van der Waals surface area (Å²) in [5.74, 6) is -0.197. The van der Waals surface area contributed by atoms with Gasteiger partial charge in [0.05, 0.1) is 34.0 Å². The number of sulfonamides is 1. The molecular formula is C30H31BrN4O4S2. The Morgan fingerprint density at radius 2 is 1.80 bits per heavy atom. The minimum absolute atomic E-state index is 0.175. The fourth-order valence-electron chi connectivity index (χ4n) is 5.36. The molecule has 3 aromatic carbocycles. The van der Waals surface area contributed by atoms with Crippen LogP contribution in [0.15, 0.2) is 76.1 Å². The van der Waals surface area contributed by atoms with Gasteiger partial charge in [0.1, 0.15) is 0 Å². The van der Waals surface area contributed by atoms with E-state index in [9.17, 15) is 13.2 Å². The SMILES string of the molecule is O=C(c1ccc(S(=O)(=O)N2CCCc3ccccc32)cc1)N(CCCN1CCOCC1)c1nc2ccc(Br)cc2s1. The molecule has 0 N–H and O–H groups in total. The maximum absolute atomic E-state index is 13.9. The first-order valence-electron chi connectivity index (χ1n) is 13.8. The van der Waals surface area contributed by atoms with E-state index in [4.69, 9.17) is 9.72 Å². The van der Waals surface area contributed by atoms with E-state index in [1.54, 1.807) is 29.2 Å². The number of rotatable bonds is 8. The van der Waals surface area contributed by atoms with Crippen molar-refractivity contribution in [3.8, 4) is 0 Å². The first-order valence-corrected chi connectivity index (χ1v) is 16.8. The van der Waals surface area contributed by atoms with Crippen LogP contribution in [0.5, 0.6) is 0 Å². The second kappa shape index (κ2) is 12.2. The van der Waals surface area contributed by atoms with Gasteiger partial charge in [-0.15, -0.1) is 0 Å². The van der Waals surface area contributed by atoms with Crippen LogP contribution >= 0.6 is 27.3 Å². The van der Waals surface area contributed by atoms with Crippen molar-refractivity contribution in [1.29, 1.82) is 0 Å². The summed E-state index contributed by atoms with van der Waals surface area (Å²) < 4.78 is 36.1. The predicted molar refractivity (Wildman–Crippen MR) is 167 cm³/mol. The minimum atomic E-state index is -3.76. The molecule has 0 spiro atoms. The minimum Gasteiger partial charge on any atom is -0.379 e. The van der Waals surface area contributed by atoms with Gasteiger partial charge in [-0.25, -0.2) is 13.4 Å². The number of thiazole rings is 1. The highest BCUT2D eigenvalue weighted by Crippen LogP contribution is 2.33. The number of hydrogen-bond donors (Lipinski definition) is 0. The quantitative estimate of drug-likeness (QED) is 0.247. The van der Waals surface area contributed by atoms with E-state index in [1.807, 2.05) is 42.5 Å². The van der Waals surface area contributed by atoms with Gasteiger partial charge in [-0.05, 0) is 73.4 Å². The van der Waals surface area contributed by atoms with Crippen molar-refractivity contribution in [1.82, 2.24) is 9.88 Å². The molecule has 0 atom stereocenters. The predicted octanol–water partition coefficient (Wildman–Crippen LogP) is 5.57. The number of benzene rings is 3. The van der Waals surface area contributed by atoms with Gasteiger partial charge in [0.15, 0.2) is 5.13 Å². The molecule has 0 bridgehead atoms. The Morgan fingerprint density at radius 3 is 2.61 bits per heavy atom. The molecule has 6 rings (SSSR count). The topological polar surface area (TPSA) is 83.1 Å². The summed E-state index contributed by atoms with van der Waals surface area (Å²) in [7, 11) is -3.76. The van der Waals surface area contributed by atoms with Gasteiger partial charge < -0.3 is 4.74 Å². The van der Waals surface area contributed by atoms with Crippen molar-refractivity contribution >= 4 is 64.2 Å². The number of aromatic nitrogens is 1. The fraction of sp³-hybridized carbons (Fsp3) is 0.333. The lowest BCUT2D eigenvalue weighted by molar-refractivity contribution is 0.0376. The second-order valence-corrected chi connectivity index (χ2v) is 14.0. The molecule has 0 unspecified atom stereocenters. The summed E-state index contributed by atoms with van der Waals surface area (Å²) in [5.41, 5.74) is 3.02. The molecule has 1 saturated heterocycles. The van der Waals surface area contributed by atoms with E-state index in [-0.39, 0.29) is 10.8 Å². The molecule has 0 saturated carbocycles.